The number of anilines is 2. The Balaban J connectivity index is 2.37. The molecule has 2 heterocycles. The van der Waals surface area contributed by atoms with Crippen LogP contribution < -0.4 is 10.6 Å². The van der Waals surface area contributed by atoms with Crippen LogP contribution in [-0.4, -0.2) is 27.0 Å². The number of aromatic nitrogens is 3. The van der Waals surface area contributed by atoms with Crippen LogP contribution in [0, 0.1) is 5.92 Å². The number of nitrogens with one attached hydrogen (secondary N) is 2. The van der Waals surface area contributed by atoms with E-state index >= 15 is 0 Å². The fraction of sp³-hybridized carbons (Fsp3) is 0.538. The second-order valence-electron chi connectivity index (χ2n) is 4.84. The van der Waals surface area contributed by atoms with Gasteiger partial charge in [-0.1, -0.05) is 13.8 Å². The van der Waals surface area contributed by atoms with Crippen molar-refractivity contribution in [1.29, 1.82) is 0 Å². The molecular weight excluding hydrogens is 226 g/mol. The second-order valence-corrected chi connectivity index (χ2v) is 4.84. The summed E-state index contributed by atoms with van der Waals surface area (Å²) in [6.07, 6.45) is 5.68. The first kappa shape index (κ1) is 12.7. The van der Waals surface area contributed by atoms with E-state index in [4.69, 9.17) is 0 Å². The molecule has 0 saturated heterocycles. The smallest absolute Gasteiger partial charge is 0.180 e. The Labute approximate surface area is 108 Å². The van der Waals surface area contributed by atoms with Crippen LogP contribution in [0.4, 0.5) is 11.6 Å². The summed E-state index contributed by atoms with van der Waals surface area (Å²) in [7, 11) is 0. The largest absolute Gasteiger partial charge is 0.369 e. The van der Waals surface area contributed by atoms with Gasteiger partial charge >= 0.3 is 0 Å². The first-order valence-electron chi connectivity index (χ1n) is 6.46. The third-order valence-corrected chi connectivity index (χ3v) is 3.10. The highest BCUT2D eigenvalue weighted by molar-refractivity contribution is 5.65. The zero-order valence-electron chi connectivity index (χ0n) is 11.4. The Morgan fingerprint density at radius 3 is 2.78 bits per heavy atom. The van der Waals surface area contributed by atoms with Crippen molar-refractivity contribution >= 4 is 17.3 Å². The minimum absolute atomic E-state index is 0.356. The van der Waals surface area contributed by atoms with E-state index in [-0.39, 0.29) is 0 Å². The maximum absolute atomic E-state index is 4.58. The number of hydrogen-bond acceptors (Lipinski definition) is 4. The van der Waals surface area contributed by atoms with Crippen molar-refractivity contribution in [2.45, 2.75) is 33.7 Å². The van der Waals surface area contributed by atoms with Gasteiger partial charge in [0.15, 0.2) is 11.5 Å². The molecule has 0 bridgehead atoms. The Bertz CT molecular complexity index is 517. The molecule has 1 unspecified atom stereocenters. The molecule has 1 atom stereocenters. The highest BCUT2D eigenvalue weighted by Gasteiger charge is 2.12. The molecule has 0 aromatic carbocycles. The lowest BCUT2D eigenvalue weighted by Gasteiger charge is -2.19. The van der Waals surface area contributed by atoms with E-state index in [0.717, 1.165) is 23.8 Å². The number of rotatable bonds is 5. The lowest BCUT2D eigenvalue weighted by Crippen LogP contribution is -2.23. The fourth-order valence-corrected chi connectivity index (χ4v) is 1.68. The Morgan fingerprint density at radius 2 is 2.11 bits per heavy atom. The molecule has 98 valence electrons. The van der Waals surface area contributed by atoms with Gasteiger partial charge < -0.3 is 15.0 Å². The molecule has 0 aliphatic heterocycles. The minimum atomic E-state index is 0.356. The van der Waals surface area contributed by atoms with Crippen LogP contribution in [0.15, 0.2) is 18.6 Å². The van der Waals surface area contributed by atoms with Crippen LogP contribution in [0.2, 0.25) is 0 Å². The van der Waals surface area contributed by atoms with Gasteiger partial charge in [-0.15, -0.1) is 0 Å². The van der Waals surface area contributed by atoms with E-state index in [1.165, 1.54) is 0 Å². The number of imidazole rings is 1. The van der Waals surface area contributed by atoms with E-state index in [9.17, 15) is 0 Å². The number of nitrogens with zero attached hydrogens (tertiary/aromatic N) is 3. The Hall–Kier alpha value is -1.78. The molecule has 0 spiro atoms. The van der Waals surface area contributed by atoms with Gasteiger partial charge in [-0.05, 0) is 19.8 Å². The molecule has 18 heavy (non-hydrogen) atoms. The van der Waals surface area contributed by atoms with Gasteiger partial charge in [0.2, 0.25) is 0 Å². The summed E-state index contributed by atoms with van der Waals surface area (Å²) < 4.78 is 1.99. The van der Waals surface area contributed by atoms with Crippen molar-refractivity contribution in [3.05, 3.63) is 18.6 Å². The van der Waals surface area contributed by atoms with Crippen molar-refractivity contribution in [2.75, 3.05) is 17.2 Å². The van der Waals surface area contributed by atoms with Gasteiger partial charge in [-0.25, -0.2) is 9.97 Å². The predicted molar refractivity (Wildman–Crippen MR) is 75.1 cm³/mol. The summed E-state index contributed by atoms with van der Waals surface area (Å²) >= 11 is 0. The summed E-state index contributed by atoms with van der Waals surface area (Å²) in [6.45, 7) is 9.45. The van der Waals surface area contributed by atoms with Crippen LogP contribution >= 0.6 is 0 Å². The first-order valence-corrected chi connectivity index (χ1v) is 6.46. The van der Waals surface area contributed by atoms with Crippen LogP contribution in [0.1, 0.15) is 27.7 Å². The fourth-order valence-electron chi connectivity index (χ4n) is 1.68. The zero-order chi connectivity index (χ0) is 13.1. The molecule has 2 aromatic heterocycles. The molecule has 0 radical (unpaired) electrons. The predicted octanol–water partition coefficient (Wildman–Crippen LogP) is 2.62. The van der Waals surface area contributed by atoms with Gasteiger partial charge in [-0.3, -0.25) is 0 Å². The van der Waals surface area contributed by atoms with Gasteiger partial charge in [0.05, 0.1) is 6.20 Å². The van der Waals surface area contributed by atoms with Crippen LogP contribution in [0.3, 0.4) is 0 Å². The number of fused-ring (bicyclic) bond motifs is 1. The summed E-state index contributed by atoms with van der Waals surface area (Å²) in [5.74, 6) is 2.24. The molecule has 0 fully saturated rings. The van der Waals surface area contributed by atoms with Crippen LogP contribution in [0.25, 0.3) is 5.65 Å². The molecule has 5 heteroatoms. The van der Waals surface area contributed by atoms with E-state index < -0.39 is 0 Å². The summed E-state index contributed by atoms with van der Waals surface area (Å²) in [6, 6.07) is 0.356. The van der Waals surface area contributed by atoms with Gasteiger partial charge in [0, 0.05) is 25.0 Å². The number of hydrogen-bond donors (Lipinski definition) is 2. The van der Waals surface area contributed by atoms with E-state index in [2.05, 4.69) is 48.3 Å². The monoisotopic (exact) mass is 247 g/mol. The molecule has 2 N–H and O–H groups in total. The van der Waals surface area contributed by atoms with E-state index in [0.29, 0.717) is 12.0 Å². The zero-order valence-corrected chi connectivity index (χ0v) is 11.4. The van der Waals surface area contributed by atoms with Crippen molar-refractivity contribution in [3.8, 4) is 0 Å². The molecular formula is C13H21N5. The molecule has 0 aliphatic rings. The van der Waals surface area contributed by atoms with Crippen molar-refractivity contribution in [2.24, 2.45) is 5.92 Å². The molecule has 2 rings (SSSR count). The highest BCUT2D eigenvalue weighted by Crippen LogP contribution is 2.18. The summed E-state index contributed by atoms with van der Waals surface area (Å²) in [5, 5.41) is 6.67. The molecule has 0 aliphatic carbocycles. The molecule has 5 nitrogen and oxygen atoms in total. The second kappa shape index (κ2) is 5.25. The summed E-state index contributed by atoms with van der Waals surface area (Å²) in [4.78, 5) is 8.92. The van der Waals surface area contributed by atoms with Crippen molar-refractivity contribution < 1.29 is 0 Å². The Morgan fingerprint density at radius 1 is 1.33 bits per heavy atom. The highest BCUT2D eigenvalue weighted by atomic mass is 15.1. The average Bonchev–Trinajstić information content (AvgIpc) is 2.77. The third-order valence-electron chi connectivity index (χ3n) is 3.10. The summed E-state index contributed by atoms with van der Waals surface area (Å²) in [5.41, 5.74) is 0.865. The first-order chi connectivity index (χ1) is 8.61. The average molecular weight is 247 g/mol. The lowest BCUT2D eigenvalue weighted by atomic mass is 10.1. The van der Waals surface area contributed by atoms with Gasteiger partial charge in [0.1, 0.15) is 5.82 Å². The minimum Gasteiger partial charge on any atom is -0.369 e. The maximum atomic E-state index is 4.58. The van der Waals surface area contributed by atoms with Crippen molar-refractivity contribution in [1.82, 2.24) is 14.4 Å². The van der Waals surface area contributed by atoms with Gasteiger partial charge in [0.25, 0.3) is 0 Å². The van der Waals surface area contributed by atoms with Crippen LogP contribution in [0.5, 0.6) is 0 Å². The van der Waals surface area contributed by atoms with Gasteiger partial charge in [-0.2, -0.15) is 0 Å². The van der Waals surface area contributed by atoms with E-state index in [1.807, 2.05) is 16.8 Å². The maximum Gasteiger partial charge on any atom is 0.180 e. The van der Waals surface area contributed by atoms with E-state index in [1.54, 1.807) is 6.20 Å². The SMILES string of the molecule is CCNc1cn2ccnc2c(NC(C)C(C)C)n1. The molecule has 0 amide bonds. The Kier molecular flexibility index (Phi) is 3.69. The van der Waals surface area contributed by atoms with Crippen molar-refractivity contribution in [3.63, 3.8) is 0 Å². The topological polar surface area (TPSA) is 54.2 Å². The molecule has 2 aromatic rings. The standard InChI is InChI=1S/C13H21N5/c1-5-14-11-8-18-7-6-15-13(18)12(17-11)16-10(4)9(2)3/h6-10,14H,5H2,1-4H3,(H,16,17). The normalized spacial score (nSPS) is 12.9. The third kappa shape index (κ3) is 2.55. The quantitative estimate of drug-likeness (QED) is 0.852. The lowest BCUT2D eigenvalue weighted by molar-refractivity contribution is 0.558. The molecule has 0 saturated carbocycles. The van der Waals surface area contributed by atoms with Crippen LogP contribution in [-0.2, 0) is 0 Å².